The molecule has 2 heterocycles. The maximum atomic E-state index is 14.4. The summed E-state index contributed by atoms with van der Waals surface area (Å²) in [5, 5.41) is 62.0. The van der Waals surface area contributed by atoms with Crippen molar-refractivity contribution in [2.75, 3.05) is 6.61 Å². The number of hydrogen-bond acceptors (Lipinski definition) is 14. The third-order valence-corrected chi connectivity index (χ3v) is 12.4. The van der Waals surface area contributed by atoms with Crippen molar-refractivity contribution in [2.45, 2.75) is 140 Å². The van der Waals surface area contributed by atoms with Gasteiger partial charge in [0.2, 0.25) is 0 Å². The molecular formula is C36H49NO14. The van der Waals surface area contributed by atoms with E-state index in [1.807, 2.05) is 0 Å². The van der Waals surface area contributed by atoms with Gasteiger partial charge in [0.15, 0.2) is 11.9 Å². The number of hydrogen-bond donors (Lipinski definition) is 6. The summed E-state index contributed by atoms with van der Waals surface area (Å²) in [5.41, 5.74) is -7.41. The van der Waals surface area contributed by atoms with Gasteiger partial charge in [0.25, 0.3) is 0 Å². The van der Waals surface area contributed by atoms with Gasteiger partial charge >= 0.3 is 18.0 Å². The molecule has 4 fully saturated rings. The number of alkyl carbamates (subject to hydrolysis) is 1. The minimum absolute atomic E-state index is 0.0280. The van der Waals surface area contributed by atoms with Crippen LogP contribution in [0.3, 0.4) is 0 Å². The Morgan fingerprint density at radius 3 is 2.31 bits per heavy atom. The molecular weight excluding hydrogens is 670 g/mol. The number of carbonyl (C=O) groups excluding carboxylic acids is 4. The van der Waals surface area contributed by atoms with E-state index in [-0.39, 0.29) is 36.0 Å². The van der Waals surface area contributed by atoms with Gasteiger partial charge in [0.05, 0.1) is 30.5 Å². The van der Waals surface area contributed by atoms with Crippen molar-refractivity contribution >= 4 is 23.8 Å². The fraction of sp³-hybridized carbons (Fsp3) is 0.722. The lowest BCUT2D eigenvalue weighted by Gasteiger charge is -2.66. The number of ketones is 1. The highest BCUT2D eigenvalue weighted by Gasteiger charge is 2.76. The molecule has 6 rings (SSSR count). The van der Waals surface area contributed by atoms with Crippen LogP contribution in [0.25, 0.3) is 0 Å². The normalized spacial score (nSPS) is 38.8. The molecule has 5 aliphatic rings. The highest BCUT2D eigenvalue weighted by Crippen LogP contribution is 2.63. The van der Waals surface area contributed by atoms with Crippen LogP contribution in [0, 0.1) is 16.7 Å². The SMILES string of the molecule is CC(=O)O[C@H]1[C@@H]2[C@]3(O)CO[C@@H]3C[C@H](O)[C@@]2(C)C(=O)[C@H](O)C2=C(C)[C@@H](OC(=O)[C@H](O)[C@@H](NC(=O)OC3CCCCC3)c3ccco3)C[C@]1(O)C2(C)C. The summed E-state index contributed by atoms with van der Waals surface area (Å²) in [6.07, 6.45) is -5.81. The number of nitrogens with one attached hydrogen (secondary N) is 1. The largest absolute Gasteiger partial charge is 0.467 e. The summed E-state index contributed by atoms with van der Waals surface area (Å²) < 4.78 is 28.2. The van der Waals surface area contributed by atoms with E-state index < -0.39 is 101 Å². The summed E-state index contributed by atoms with van der Waals surface area (Å²) in [6.45, 7) is 6.77. The van der Waals surface area contributed by atoms with E-state index >= 15 is 0 Å². The number of carbonyl (C=O) groups is 4. The number of aliphatic hydroxyl groups excluding tert-OH is 3. The molecule has 1 amide bonds. The maximum Gasteiger partial charge on any atom is 0.408 e. The fourth-order valence-corrected chi connectivity index (χ4v) is 9.41. The van der Waals surface area contributed by atoms with Crippen LogP contribution in [-0.2, 0) is 33.3 Å². The minimum atomic E-state index is -2.24. The monoisotopic (exact) mass is 719 g/mol. The molecule has 1 aliphatic heterocycles. The molecule has 15 nitrogen and oxygen atoms in total. The first-order chi connectivity index (χ1) is 23.9. The van der Waals surface area contributed by atoms with Crippen molar-refractivity contribution in [1.82, 2.24) is 5.32 Å². The van der Waals surface area contributed by atoms with E-state index in [0.717, 1.165) is 26.2 Å². The first-order valence-corrected chi connectivity index (χ1v) is 17.6. The van der Waals surface area contributed by atoms with Gasteiger partial charge in [-0.2, -0.15) is 0 Å². The van der Waals surface area contributed by atoms with Crippen LogP contribution in [0.5, 0.6) is 0 Å². The molecule has 4 aliphatic carbocycles. The second-order valence-electron chi connectivity index (χ2n) is 15.6. The van der Waals surface area contributed by atoms with E-state index in [2.05, 4.69) is 5.32 Å². The second kappa shape index (κ2) is 13.3. The van der Waals surface area contributed by atoms with Crippen molar-refractivity contribution < 1.29 is 68.1 Å². The number of furan rings is 1. The maximum absolute atomic E-state index is 14.4. The number of fused-ring (bicyclic) bond motifs is 5. The van der Waals surface area contributed by atoms with Crippen molar-refractivity contribution in [3.05, 3.63) is 35.3 Å². The fourth-order valence-electron chi connectivity index (χ4n) is 9.41. The molecule has 0 unspecified atom stereocenters. The van der Waals surface area contributed by atoms with Crippen LogP contribution in [0.15, 0.2) is 34.0 Å². The lowest BCUT2D eigenvalue weighted by Crippen LogP contribution is -2.81. The first kappa shape index (κ1) is 37.4. The number of esters is 2. The van der Waals surface area contributed by atoms with Crippen LogP contribution in [0.1, 0.15) is 91.4 Å². The molecule has 1 aromatic heterocycles. The predicted molar refractivity (Wildman–Crippen MR) is 173 cm³/mol. The van der Waals surface area contributed by atoms with Gasteiger partial charge in [-0.05, 0) is 62.8 Å². The lowest BCUT2D eigenvalue weighted by atomic mass is 9.45. The highest BCUT2D eigenvalue weighted by atomic mass is 16.6. The molecule has 1 saturated heterocycles. The molecule has 0 radical (unpaired) electrons. The Kier molecular flexibility index (Phi) is 9.73. The standard InChI is InChI=1S/C36H49NO14/c1-17-21(51-31(43)27(41)25(20-12-9-13-47-20)37-32(44)50-19-10-7-6-8-11-19)15-36(46)30(49-18(2)38)28-34(5,22(39)14-23-35(28,45)16-48-23)29(42)26(40)24(17)33(36,3)4/h9,12-13,19,21-23,25-28,30,39-41,45-46H,6-8,10-11,14-16H2,1-5H3,(H,37,44)/t21-,22-,23+,25-,26+,27+,28-,30-,34+,35-,36+/m0/s1. The van der Waals surface area contributed by atoms with Gasteiger partial charge in [-0.1, -0.05) is 20.3 Å². The molecule has 282 valence electrons. The summed E-state index contributed by atoms with van der Waals surface area (Å²) >= 11 is 0. The summed E-state index contributed by atoms with van der Waals surface area (Å²) in [4.78, 5) is 53.8. The van der Waals surface area contributed by atoms with Crippen molar-refractivity contribution in [3.63, 3.8) is 0 Å². The Morgan fingerprint density at radius 2 is 1.73 bits per heavy atom. The quantitative estimate of drug-likeness (QED) is 0.133. The van der Waals surface area contributed by atoms with Crippen LogP contribution < -0.4 is 5.32 Å². The molecule has 3 saturated carbocycles. The van der Waals surface area contributed by atoms with E-state index in [1.165, 1.54) is 32.2 Å². The summed E-state index contributed by atoms with van der Waals surface area (Å²) in [6, 6.07) is 1.51. The van der Waals surface area contributed by atoms with Gasteiger partial charge in [0, 0.05) is 31.1 Å². The highest BCUT2D eigenvalue weighted by molar-refractivity contribution is 5.93. The van der Waals surface area contributed by atoms with Gasteiger partial charge < -0.3 is 54.2 Å². The average molecular weight is 720 g/mol. The number of Topliss-reactive ketones (excluding diaryl/α,β-unsaturated/α-hetero) is 1. The Labute approximate surface area is 295 Å². The zero-order valence-corrected chi connectivity index (χ0v) is 29.5. The van der Waals surface area contributed by atoms with Crippen LogP contribution in [-0.4, -0.2) is 110 Å². The van der Waals surface area contributed by atoms with Gasteiger partial charge in [-0.3, -0.25) is 9.59 Å². The summed E-state index contributed by atoms with van der Waals surface area (Å²) in [5.74, 6) is -4.42. The van der Waals surface area contributed by atoms with Gasteiger partial charge in [0.1, 0.15) is 47.4 Å². The molecule has 15 heteroatoms. The average Bonchev–Trinajstić information content (AvgIpc) is 3.61. The smallest absolute Gasteiger partial charge is 0.408 e. The van der Waals surface area contributed by atoms with Gasteiger partial charge in [-0.25, -0.2) is 9.59 Å². The molecule has 6 N–H and O–H groups in total. The van der Waals surface area contributed by atoms with E-state index in [0.29, 0.717) is 12.8 Å². The van der Waals surface area contributed by atoms with Crippen LogP contribution in [0.4, 0.5) is 4.79 Å². The molecule has 2 bridgehead atoms. The first-order valence-electron chi connectivity index (χ1n) is 17.6. The number of ether oxygens (including phenoxy) is 4. The summed E-state index contributed by atoms with van der Waals surface area (Å²) in [7, 11) is 0. The van der Waals surface area contributed by atoms with Gasteiger partial charge in [-0.15, -0.1) is 0 Å². The zero-order chi connectivity index (χ0) is 37.3. The predicted octanol–water partition coefficient (Wildman–Crippen LogP) is 1.52. The zero-order valence-electron chi connectivity index (χ0n) is 29.5. The molecule has 1 aromatic rings. The van der Waals surface area contributed by atoms with Crippen LogP contribution >= 0.6 is 0 Å². The molecule has 0 aromatic carbocycles. The molecule has 0 spiro atoms. The Morgan fingerprint density at radius 1 is 1.04 bits per heavy atom. The molecule has 11 atom stereocenters. The van der Waals surface area contributed by atoms with Crippen molar-refractivity contribution in [3.8, 4) is 0 Å². The number of aliphatic hydroxyl groups is 5. The van der Waals surface area contributed by atoms with E-state index in [4.69, 9.17) is 23.4 Å². The number of amides is 1. The van der Waals surface area contributed by atoms with Crippen LogP contribution in [0.2, 0.25) is 0 Å². The Hall–Kier alpha value is -3.34. The topological polar surface area (TPSA) is 232 Å². The number of rotatable bonds is 7. The Bertz CT molecular complexity index is 1570. The molecule has 51 heavy (non-hydrogen) atoms. The van der Waals surface area contributed by atoms with E-state index in [1.54, 1.807) is 13.8 Å². The third-order valence-electron chi connectivity index (χ3n) is 12.4. The minimum Gasteiger partial charge on any atom is -0.467 e. The Balaban J connectivity index is 1.36. The third kappa shape index (κ3) is 5.89. The second-order valence-corrected chi connectivity index (χ2v) is 15.6. The lowest BCUT2D eigenvalue weighted by molar-refractivity contribution is -0.345. The van der Waals surface area contributed by atoms with Crippen molar-refractivity contribution in [2.24, 2.45) is 16.7 Å². The van der Waals surface area contributed by atoms with Crippen molar-refractivity contribution in [1.29, 1.82) is 0 Å². The van der Waals surface area contributed by atoms with E-state index in [9.17, 15) is 44.7 Å².